The van der Waals surface area contributed by atoms with Crippen LogP contribution in [-0.2, 0) is 4.74 Å². The fraction of sp³-hybridized carbons (Fsp3) is 0.182. The van der Waals surface area contributed by atoms with E-state index in [0.717, 1.165) is 28.3 Å². The summed E-state index contributed by atoms with van der Waals surface area (Å²) in [4.78, 5) is 16.6. The number of nitrogens with two attached hydrogens (primary N) is 1. The number of carbonyl (C=O) groups excluding carboxylic acids is 1. The van der Waals surface area contributed by atoms with Crippen LogP contribution in [0.1, 0.15) is 18.9 Å². The highest BCUT2D eigenvalue weighted by Gasteiger charge is 2.16. The summed E-state index contributed by atoms with van der Waals surface area (Å²) >= 11 is 0. The highest BCUT2D eigenvalue weighted by molar-refractivity contribution is 6.00. The van der Waals surface area contributed by atoms with Gasteiger partial charge in [0.1, 0.15) is 23.0 Å². The fourth-order valence-corrected chi connectivity index (χ4v) is 3.35. The molecule has 0 radical (unpaired) electrons. The smallest absolute Gasteiger partial charge is 0.411 e. The van der Waals surface area contributed by atoms with Crippen molar-refractivity contribution in [2.45, 2.75) is 20.3 Å². The van der Waals surface area contributed by atoms with Crippen molar-refractivity contribution in [1.82, 2.24) is 9.38 Å². The van der Waals surface area contributed by atoms with Crippen LogP contribution >= 0.6 is 0 Å². The zero-order valence-corrected chi connectivity index (χ0v) is 16.2. The van der Waals surface area contributed by atoms with Gasteiger partial charge in [-0.3, -0.25) is 9.72 Å². The first-order valence-corrected chi connectivity index (χ1v) is 9.38. The molecule has 1 amide bonds. The number of aromatic nitrogens is 2. The number of rotatable bonds is 4. The molecule has 0 spiro atoms. The van der Waals surface area contributed by atoms with Crippen molar-refractivity contribution < 1.29 is 13.9 Å². The molecule has 0 bridgehead atoms. The van der Waals surface area contributed by atoms with Gasteiger partial charge in [0.2, 0.25) is 0 Å². The van der Waals surface area contributed by atoms with Gasteiger partial charge in [-0.05, 0) is 60.7 Å². The van der Waals surface area contributed by atoms with Crippen molar-refractivity contribution >= 4 is 34.0 Å². The molecule has 7 heteroatoms. The summed E-state index contributed by atoms with van der Waals surface area (Å²) in [5.74, 6) is 0.169. The van der Waals surface area contributed by atoms with Crippen LogP contribution in [0.2, 0.25) is 0 Å². The van der Waals surface area contributed by atoms with E-state index in [9.17, 15) is 9.18 Å². The Hall–Kier alpha value is -3.61. The minimum Gasteiger partial charge on any atom is -0.449 e. The lowest BCUT2D eigenvalue weighted by molar-refractivity contribution is 0.161. The largest absolute Gasteiger partial charge is 0.449 e. The van der Waals surface area contributed by atoms with Crippen molar-refractivity contribution in [3.05, 3.63) is 60.0 Å². The fourth-order valence-electron chi connectivity index (χ4n) is 3.35. The molecule has 148 valence electrons. The lowest BCUT2D eigenvalue weighted by atomic mass is 10.1. The monoisotopic (exact) mass is 392 g/mol. The Morgan fingerprint density at radius 1 is 1.24 bits per heavy atom. The number of nitrogen functional groups attached to an aromatic ring is 1. The van der Waals surface area contributed by atoms with Gasteiger partial charge in [0.05, 0.1) is 6.61 Å². The van der Waals surface area contributed by atoms with Crippen LogP contribution in [0.25, 0.3) is 27.7 Å². The number of carbonyl (C=O) groups is 1. The standard InChI is InChI=1S/C22H21FN4O2/c1-3-10-29-22(28)25-16-6-4-14-8-9-27-20(24)19(26-21(27)18(14)12-16)17-7-5-15(23)11-13(17)2/h4-9,11-12H,3,10,24H2,1-2H3,(H,25,28). The van der Waals surface area contributed by atoms with Crippen LogP contribution in [0.15, 0.2) is 48.7 Å². The summed E-state index contributed by atoms with van der Waals surface area (Å²) in [5.41, 5.74) is 9.75. The summed E-state index contributed by atoms with van der Waals surface area (Å²) in [6.07, 6.45) is 2.11. The zero-order valence-electron chi connectivity index (χ0n) is 16.2. The predicted molar refractivity (Wildman–Crippen MR) is 113 cm³/mol. The van der Waals surface area contributed by atoms with E-state index in [1.807, 2.05) is 44.3 Å². The second-order valence-corrected chi connectivity index (χ2v) is 6.88. The zero-order chi connectivity index (χ0) is 20.5. The van der Waals surface area contributed by atoms with E-state index in [1.165, 1.54) is 12.1 Å². The molecule has 29 heavy (non-hydrogen) atoms. The van der Waals surface area contributed by atoms with Crippen LogP contribution in [0.4, 0.5) is 20.7 Å². The Kier molecular flexibility index (Phi) is 4.80. The highest BCUT2D eigenvalue weighted by Crippen LogP contribution is 2.32. The van der Waals surface area contributed by atoms with E-state index >= 15 is 0 Å². The molecule has 0 atom stereocenters. The van der Waals surface area contributed by atoms with Gasteiger partial charge in [-0.1, -0.05) is 13.0 Å². The molecule has 3 N–H and O–H groups in total. The summed E-state index contributed by atoms with van der Waals surface area (Å²) in [6, 6.07) is 12.0. The maximum atomic E-state index is 13.5. The number of halogens is 1. The number of nitrogens with zero attached hydrogens (tertiary/aromatic N) is 2. The molecule has 2 aromatic carbocycles. The van der Waals surface area contributed by atoms with Crippen molar-refractivity contribution in [2.75, 3.05) is 17.7 Å². The van der Waals surface area contributed by atoms with Crippen LogP contribution in [0, 0.1) is 12.7 Å². The molecular weight excluding hydrogens is 371 g/mol. The van der Waals surface area contributed by atoms with Crippen molar-refractivity contribution in [2.24, 2.45) is 0 Å². The van der Waals surface area contributed by atoms with Crippen molar-refractivity contribution in [3.8, 4) is 11.3 Å². The average molecular weight is 392 g/mol. The maximum absolute atomic E-state index is 13.5. The number of benzene rings is 2. The molecule has 2 heterocycles. The molecule has 0 aliphatic heterocycles. The summed E-state index contributed by atoms with van der Waals surface area (Å²) in [5, 5.41) is 4.52. The molecular formula is C22H21FN4O2. The third-order valence-corrected chi connectivity index (χ3v) is 4.77. The average Bonchev–Trinajstić information content (AvgIpc) is 3.03. The van der Waals surface area contributed by atoms with Gasteiger partial charge in [-0.25, -0.2) is 14.2 Å². The van der Waals surface area contributed by atoms with Gasteiger partial charge in [-0.15, -0.1) is 0 Å². The van der Waals surface area contributed by atoms with E-state index in [1.54, 1.807) is 10.5 Å². The van der Waals surface area contributed by atoms with E-state index in [4.69, 9.17) is 15.5 Å². The second-order valence-electron chi connectivity index (χ2n) is 6.88. The molecule has 0 saturated carbocycles. The number of imidazole rings is 1. The van der Waals surface area contributed by atoms with E-state index in [-0.39, 0.29) is 5.82 Å². The first-order chi connectivity index (χ1) is 14.0. The van der Waals surface area contributed by atoms with Crippen molar-refractivity contribution in [3.63, 3.8) is 0 Å². The molecule has 0 saturated heterocycles. The summed E-state index contributed by atoms with van der Waals surface area (Å²) < 4.78 is 20.4. The molecule has 4 rings (SSSR count). The van der Waals surface area contributed by atoms with Crippen LogP contribution < -0.4 is 11.1 Å². The maximum Gasteiger partial charge on any atom is 0.411 e. The number of ether oxygens (including phenoxy) is 1. The topological polar surface area (TPSA) is 81.6 Å². The number of amides is 1. The molecule has 0 aliphatic rings. The third kappa shape index (κ3) is 3.47. The SMILES string of the molecule is CCCOC(=O)Nc1ccc2ccn3c(N)c(-c4ccc(F)cc4C)nc3c2c1. The Bertz CT molecular complexity index is 1230. The summed E-state index contributed by atoms with van der Waals surface area (Å²) in [6.45, 7) is 4.12. The molecule has 0 aliphatic carbocycles. The van der Waals surface area contributed by atoms with E-state index < -0.39 is 6.09 Å². The van der Waals surface area contributed by atoms with Gasteiger partial charge in [0, 0.05) is 22.8 Å². The van der Waals surface area contributed by atoms with Gasteiger partial charge in [0.15, 0.2) is 0 Å². The number of hydrogen-bond acceptors (Lipinski definition) is 4. The third-order valence-electron chi connectivity index (χ3n) is 4.77. The lowest BCUT2D eigenvalue weighted by Gasteiger charge is -2.08. The first-order valence-electron chi connectivity index (χ1n) is 9.38. The van der Waals surface area contributed by atoms with Crippen LogP contribution in [-0.4, -0.2) is 22.1 Å². The summed E-state index contributed by atoms with van der Waals surface area (Å²) in [7, 11) is 0. The lowest BCUT2D eigenvalue weighted by Crippen LogP contribution is -2.13. The number of aryl methyl sites for hydroxylation is 1. The number of fused-ring (bicyclic) bond motifs is 3. The Morgan fingerprint density at radius 3 is 2.83 bits per heavy atom. The second kappa shape index (κ2) is 7.43. The normalized spacial score (nSPS) is 11.1. The number of anilines is 2. The van der Waals surface area contributed by atoms with Crippen molar-refractivity contribution in [1.29, 1.82) is 0 Å². The minimum absolute atomic E-state index is 0.301. The Balaban J connectivity index is 1.82. The molecule has 0 fully saturated rings. The van der Waals surface area contributed by atoms with Gasteiger partial charge in [0.25, 0.3) is 0 Å². The van der Waals surface area contributed by atoms with Gasteiger partial charge in [-0.2, -0.15) is 0 Å². The number of pyridine rings is 1. The predicted octanol–water partition coefficient (Wildman–Crippen LogP) is 5.14. The van der Waals surface area contributed by atoms with Gasteiger partial charge < -0.3 is 10.5 Å². The van der Waals surface area contributed by atoms with Crippen LogP contribution in [0.3, 0.4) is 0 Å². The van der Waals surface area contributed by atoms with E-state index in [0.29, 0.717) is 29.5 Å². The molecule has 4 aromatic rings. The minimum atomic E-state index is -0.497. The Labute approximate surface area is 167 Å². The van der Waals surface area contributed by atoms with Crippen LogP contribution in [0.5, 0.6) is 0 Å². The van der Waals surface area contributed by atoms with Gasteiger partial charge >= 0.3 is 6.09 Å². The quantitative estimate of drug-likeness (QED) is 0.504. The number of hydrogen-bond donors (Lipinski definition) is 2. The molecule has 2 aromatic heterocycles. The molecule has 0 unspecified atom stereocenters. The first kappa shape index (κ1) is 18.7. The number of nitrogens with one attached hydrogen (secondary N) is 1. The molecule has 6 nitrogen and oxygen atoms in total. The Morgan fingerprint density at radius 2 is 2.07 bits per heavy atom. The highest BCUT2D eigenvalue weighted by atomic mass is 19.1. The van der Waals surface area contributed by atoms with E-state index in [2.05, 4.69) is 5.32 Å².